The van der Waals surface area contributed by atoms with Crippen LogP contribution >= 0.6 is 0 Å². The summed E-state index contributed by atoms with van der Waals surface area (Å²) in [6.07, 6.45) is 0.350. The van der Waals surface area contributed by atoms with Gasteiger partial charge in [0.25, 0.3) is 5.91 Å². The smallest absolute Gasteiger partial charge is 0.251 e. The normalized spacial score (nSPS) is 11.5. The van der Waals surface area contributed by atoms with Crippen molar-refractivity contribution in [2.45, 2.75) is 25.8 Å². The summed E-state index contributed by atoms with van der Waals surface area (Å²) in [4.78, 5) is 23.8. The fourth-order valence-electron chi connectivity index (χ4n) is 2.46. The highest BCUT2D eigenvalue weighted by atomic mass is 16.7. The molecule has 1 unspecified atom stereocenters. The summed E-state index contributed by atoms with van der Waals surface area (Å²) in [5, 5.41) is 11.5. The number of hydrogen-bond acceptors (Lipinski definition) is 6. The number of carbonyl (C=O) groups excluding carboxylic acids is 2. The van der Waals surface area contributed by atoms with Gasteiger partial charge < -0.3 is 19.5 Å². The topological polar surface area (TPSA) is 106 Å². The highest BCUT2D eigenvalue weighted by Gasteiger charge is 2.16. The minimum atomic E-state index is -0.531. The molecule has 2 rings (SSSR count). The molecule has 2 aromatic rings. The third-order valence-corrected chi connectivity index (χ3v) is 3.97. The third-order valence-electron chi connectivity index (χ3n) is 3.97. The fourth-order valence-corrected chi connectivity index (χ4v) is 2.46. The van der Waals surface area contributed by atoms with Crippen molar-refractivity contribution in [1.29, 1.82) is 0 Å². The average Bonchev–Trinajstić information content (AvgIpc) is 2.75. The minimum absolute atomic E-state index is 0.0449. The lowest BCUT2D eigenvalue weighted by Crippen LogP contribution is -2.39. The van der Waals surface area contributed by atoms with Gasteiger partial charge in [0.05, 0.1) is 12.6 Å². The summed E-state index contributed by atoms with van der Waals surface area (Å²) in [6, 6.07) is 15.7. The Kier molecular flexibility index (Phi) is 9.64. The van der Waals surface area contributed by atoms with Crippen molar-refractivity contribution >= 4 is 11.8 Å². The number of ether oxygens (including phenoxy) is 3. The summed E-state index contributed by atoms with van der Waals surface area (Å²) in [5.41, 5.74) is 2.03. The Morgan fingerprint density at radius 1 is 1.00 bits per heavy atom. The van der Waals surface area contributed by atoms with Crippen molar-refractivity contribution in [3.05, 3.63) is 60.2 Å². The van der Waals surface area contributed by atoms with Crippen molar-refractivity contribution in [2.24, 2.45) is 0 Å². The van der Waals surface area contributed by atoms with Crippen molar-refractivity contribution in [3.8, 4) is 11.5 Å². The molecular weight excluding hydrogens is 376 g/mol. The standard InChI is InChI=1S/C21H26N2O6/c1-2-27-15-28-14-17(10-13-20(24)23-26)22-21(25)16-8-11-19(12-9-16)29-18-6-4-3-5-7-18/h3-9,11-12,17,26H,2,10,13-15H2,1H3,(H,22,25)(H,23,24). The second kappa shape index (κ2) is 12.5. The van der Waals surface area contributed by atoms with Crippen LogP contribution in [0.15, 0.2) is 54.6 Å². The Hall–Kier alpha value is -2.94. The van der Waals surface area contributed by atoms with E-state index in [0.29, 0.717) is 30.1 Å². The molecule has 0 aliphatic heterocycles. The molecule has 2 aromatic carbocycles. The van der Waals surface area contributed by atoms with Gasteiger partial charge in [0.1, 0.15) is 18.3 Å². The van der Waals surface area contributed by atoms with Crippen LogP contribution in [0.5, 0.6) is 11.5 Å². The molecule has 0 aliphatic rings. The zero-order valence-corrected chi connectivity index (χ0v) is 16.3. The van der Waals surface area contributed by atoms with Crippen molar-refractivity contribution in [3.63, 3.8) is 0 Å². The zero-order chi connectivity index (χ0) is 20.9. The van der Waals surface area contributed by atoms with Crippen LogP contribution < -0.4 is 15.5 Å². The van der Waals surface area contributed by atoms with E-state index in [9.17, 15) is 9.59 Å². The maximum Gasteiger partial charge on any atom is 0.251 e. The number of hydrogen-bond donors (Lipinski definition) is 3. The first kappa shape index (κ1) is 22.4. The van der Waals surface area contributed by atoms with E-state index in [0.717, 1.165) is 0 Å². The second-order valence-electron chi connectivity index (χ2n) is 6.16. The maximum absolute atomic E-state index is 12.5. The Morgan fingerprint density at radius 3 is 2.34 bits per heavy atom. The highest BCUT2D eigenvalue weighted by Crippen LogP contribution is 2.21. The summed E-state index contributed by atoms with van der Waals surface area (Å²) >= 11 is 0. The van der Waals surface area contributed by atoms with Gasteiger partial charge in [-0.2, -0.15) is 0 Å². The molecule has 3 N–H and O–H groups in total. The first-order valence-corrected chi connectivity index (χ1v) is 9.34. The van der Waals surface area contributed by atoms with Gasteiger partial charge in [0, 0.05) is 18.6 Å². The van der Waals surface area contributed by atoms with E-state index in [1.165, 1.54) is 0 Å². The monoisotopic (exact) mass is 402 g/mol. The maximum atomic E-state index is 12.5. The minimum Gasteiger partial charge on any atom is -0.457 e. The van der Waals surface area contributed by atoms with Gasteiger partial charge in [-0.15, -0.1) is 0 Å². The van der Waals surface area contributed by atoms with E-state index in [1.807, 2.05) is 37.3 Å². The van der Waals surface area contributed by atoms with Crippen LogP contribution in [0.4, 0.5) is 0 Å². The molecule has 2 amide bonds. The van der Waals surface area contributed by atoms with Crippen LogP contribution in [0.3, 0.4) is 0 Å². The SMILES string of the molecule is CCOCOCC(CCC(=O)NO)NC(=O)c1ccc(Oc2ccccc2)cc1. The highest BCUT2D eigenvalue weighted by molar-refractivity contribution is 5.94. The van der Waals surface area contributed by atoms with Crippen LogP contribution in [-0.2, 0) is 14.3 Å². The van der Waals surface area contributed by atoms with Crippen LogP contribution in [0.25, 0.3) is 0 Å². The van der Waals surface area contributed by atoms with Crippen molar-refractivity contribution < 1.29 is 29.0 Å². The molecule has 0 saturated carbocycles. The molecule has 0 bridgehead atoms. The number of nitrogens with one attached hydrogen (secondary N) is 2. The fraction of sp³-hybridized carbons (Fsp3) is 0.333. The van der Waals surface area contributed by atoms with E-state index in [-0.39, 0.29) is 25.7 Å². The number of para-hydroxylation sites is 1. The van der Waals surface area contributed by atoms with Gasteiger partial charge in [-0.25, -0.2) is 5.48 Å². The first-order valence-electron chi connectivity index (χ1n) is 9.34. The lowest BCUT2D eigenvalue weighted by molar-refractivity contribution is -0.129. The predicted molar refractivity (Wildman–Crippen MR) is 106 cm³/mol. The van der Waals surface area contributed by atoms with E-state index in [4.69, 9.17) is 19.4 Å². The molecule has 156 valence electrons. The Labute approximate surface area is 169 Å². The van der Waals surface area contributed by atoms with Gasteiger partial charge in [-0.05, 0) is 49.7 Å². The van der Waals surface area contributed by atoms with Crippen LogP contribution in [0, 0.1) is 0 Å². The van der Waals surface area contributed by atoms with Crippen LogP contribution in [0.1, 0.15) is 30.1 Å². The summed E-state index contributed by atoms with van der Waals surface area (Å²) in [6.45, 7) is 2.64. The van der Waals surface area contributed by atoms with Crippen molar-refractivity contribution in [2.75, 3.05) is 20.0 Å². The van der Waals surface area contributed by atoms with Gasteiger partial charge >= 0.3 is 0 Å². The van der Waals surface area contributed by atoms with E-state index in [1.54, 1.807) is 29.7 Å². The second-order valence-corrected chi connectivity index (χ2v) is 6.16. The molecule has 8 nitrogen and oxygen atoms in total. The molecule has 0 saturated heterocycles. The molecule has 1 atom stereocenters. The number of rotatable bonds is 12. The average molecular weight is 402 g/mol. The summed E-state index contributed by atoms with van der Waals surface area (Å²) < 4.78 is 16.2. The molecule has 0 fully saturated rings. The van der Waals surface area contributed by atoms with Gasteiger partial charge in [0.2, 0.25) is 5.91 Å². The molecule has 0 aliphatic carbocycles. The summed E-state index contributed by atoms with van der Waals surface area (Å²) in [5.74, 6) is 0.490. The van der Waals surface area contributed by atoms with Crippen molar-refractivity contribution in [1.82, 2.24) is 10.8 Å². The van der Waals surface area contributed by atoms with E-state index < -0.39 is 11.9 Å². The van der Waals surface area contributed by atoms with Crippen LogP contribution in [0.2, 0.25) is 0 Å². The Bertz CT molecular complexity index is 752. The molecule has 29 heavy (non-hydrogen) atoms. The first-order chi connectivity index (χ1) is 14.1. The van der Waals surface area contributed by atoms with Gasteiger partial charge in [-0.1, -0.05) is 18.2 Å². The lowest BCUT2D eigenvalue weighted by atomic mass is 10.1. The Morgan fingerprint density at radius 2 is 1.69 bits per heavy atom. The van der Waals surface area contributed by atoms with E-state index in [2.05, 4.69) is 5.32 Å². The van der Waals surface area contributed by atoms with E-state index >= 15 is 0 Å². The quantitative estimate of drug-likeness (QED) is 0.218. The number of hydroxylamine groups is 1. The number of amides is 2. The number of benzene rings is 2. The largest absolute Gasteiger partial charge is 0.457 e. The molecule has 0 spiro atoms. The van der Waals surface area contributed by atoms with Gasteiger partial charge in [0.15, 0.2) is 0 Å². The summed E-state index contributed by atoms with van der Waals surface area (Å²) in [7, 11) is 0. The molecule has 0 heterocycles. The number of carbonyl (C=O) groups is 2. The molecule has 0 aromatic heterocycles. The molecule has 8 heteroatoms. The zero-order valence-electron chi connectivity index (χ0n) is 16.3. The molecular formula is C21H26N2O6. The third kappa shape index (κ3) is 8.30. The molecule has 0 radical (unpaired) electrons. The predicted octanol–water partition coefficient (Wildman–Crippen LogP) is 2.87. The van der Waals surface area contributed by atoms with Gasteiger partial charge in [-0.3, -0.25) is 14.8 Å². The lowest BCUT2D eigenvalue weighted by Gasteiger charge is -2.18. The Balaban J connectivity index is 1.92. The van der Waals surface area contributed by atoms with Crippen LogP contribution in [-0.4, -0.2) is 43.1 Å².